The molecule has 0 bridgehead atoms. The molecule has 25 heavy (non-hydrogen) atoms. The van der Waals surface area contributed by atoms with Crippen molar-refractivity contribution in [3.63, 3.8) is 0 Å². The molecule has 3 rings (SSSR count). The van der Waals surface area contributed by atoms with Crippen molar-refractivity contribution >= 4 is 17.8 Å². The number of anilines is 3. The first-order chi connectivity index (χ1) is 12.0. The van der Waals surface area contributed by atoms with E-state index in [0.29, 0.717) is 23.8 Å². The normalized spacial score (nSPS) is 14.1. The van der Waals surface area contributed by atoms with Crippen LogP contribution in [0.2, 0.25) is 0 Å². The molecule has 9 nitrogen and oxygen atoms in total. The molecule has 1 saturated carbocycles. The molecule has 0 aliphatic heterocycles. The SMILES string of the molecule is Cc1nc(NCCN(C)C)nc(Nc2ncc(CNC3CC3)n2C)n1. The first-order valence-electron chi connectivity index (χ1n) is 8.63. The van der Waals surface area contributed by atoms with E-state index in [1.165, 1.54) is 12.8 Å². The van der Waals surface area contributed by atoms with E-state index in [9.17, 15) is 0 Å². The summed E-state index contributed by atoms with van der Waals surface area (Å²) in [5, 5.41) is 9.91. The molecule has 0 aromatic carbocycles. The molecule has 2 aromatic heterocycles. The summed E-state index contributed by atoms with van der Waals surface area (Å²) in [6.45, 7) is 4.36. The third-order valence-electron chi connectivity index (χ3n) is 4.05. The van der Waals surface area contributed by atoms with Gasteiger partial charge in [0.25, 0.3) is 0 Å². The summed E-state index contributed by atoms with van der Waals surface area (Å²) in [6.07, 6.45) is 4.43. The van der Waals surface area contributed by atoms with Gasteiger partial charge in [0.15, 0.2) is 0 Å². The van der Waals surface area contributed by atoms with Crippen molar-refractivity contribution in [1.82, 2.24) is 34.7 Å². The van der Waals surface area contributed by atoms with Crippen LogP contribution in [0.4, 0.5) is 17.8 Å². The summed E-state index contributed by atoms with van der Waals surface area (Å²) in [4.78, 5) is 19.7. The summed E-state index contributed by atoms with van der Waals surface area (Å²) in [6, 6.07) is 0.674. The van der Waals surface area contributed by atoms with E-state index in [1.54, 1.807) is 0 Å². The number of hydrogen-bond acceptors (Lipinski definition) is 8. The fourth-order valence-corrected chi connectivity index (χ4v) is 2.37. The molecule has 0 saturated heterocycles. The molecule has 1 aliphatic carbocycles. The Kier molecular flexibility index (Phi) is 5.44. The Bertz CT molecular complexity index is 706. The van der Waals surface area contributed by atoms with Crippen molar-refractivity contribution in [2.75, 3.05) is 37.8 Å². The highest BCUT2D eigenvalue weighted by molar-refractivity contribution is 5.46. The second-order valence-corrected chi connectivity index (χ2v) is 6.67. The van der Waals surface area contributed by atoms with Crippen molar-refractivity contribution in [1.29, 1.82) is 0 Å². The van der Waals surface area contributed by atoms with Crippen LogP contribution in [0.1, 0.15) is 24.4 Å². The van der Waals surface area contributed by atoms with Crippen LogP contribution >= 0.6 is 0 Å². The molecule has 0 amide bonds. The second kappa shape index (κ2) is 7.75. The molecule has 0 radical (unpaired) electrons. The van der Waals surface area contributed by atoms with Crippen LogP contribution in [0.5, 0.6) is 0 Å². The van der Waals surface area contributed by atoms with Crippen molar-refractivity contribution in [3.8, 4) is 0 Å². The summed E-state index contributed by atoms with van der Waals surface area (Å²) in [7, 11) is 6.05. The second-order valence-electron chi connectivity index (χ2n) is 6.67. The lowest BCUT2D eigenvalue weighted by Crippen LogP contribution is -2.22. The van der Waals surface area contributed by atoms with Gasteiger partial charge in [-0.15, -0.1) is 0 Å². The van der Waals surface area contributed by atoms with Gasteiger partial charge >= 0.3 is 0 Å². The number of imidazole rings is 1. The molecule has 1 fully saturated rings. The molecule has 2 aromatic rings. The van der Waals surface area contributed by atoms with Crippen LogP contribution in [-0.2, 0) is 13.6 Å². The Labute approximate surface area is 148 Å². The van der Waals surface area contributed by atoms with Crippen LogP contribution < -0.4 is 16.0 Å². The average Bonchev–Trinajstić information content (AvgIpc) is 3.31. The van der Waals surface area contributed by atoms with Gasteiger partial charge in [0.1, 0.15) is 5.82 Å². The Morgan fingerprint density at radius 3 is 2.68 bits per heavy atom. The van der Waals surface area contributed by atoms with E-state index < -0.39 is 0 Å². The smallest absolute Gasteiger partial charge is 0.234 e. The third-order valence-corrected chi connectivity index (χ3v) is 4.05. The van der Waals surface area contributed by atoms with Gasteiger partial charge in [-0.05, 0) is 33.9 Å². The van der Waals surface area contributed by atoms with E-state index >= 15 is 0 Å². The quantitative estimate of drug-likeness (QED) is 0.616. The lowest BCUT2D eigenvalue weighted by Gasteiger charge is -2.12. The highest BCUT2D eigenvalue weighted by atomic mass is 15.3. The van der Waals surface area contributed by atoms with Crippen LogP contribution in [-0.4, -0.2) is 62.6 Å². The van der Waals surface area contributed by atoms with Crippen LogP contribution in [0.15, 0.2) is 6.20 Å². The minimum Gasteiger partial charge on any atom is -0.353 e. The molecule has 1 aliphatic rings. The Hall–Kier alpha value is -2.26. The molecular formula is C16H27N9. The topological polar surface area (TPSA) is 95.8 Å². The van der Waals surface area contributed by atoms with E-state index in [2.05, 4.69) is 40.8 Å². The van der Waals surface area contributed by atoms with Crippen LogP contribution in [0.3, 0.4) is 0 Å². The standard InChI is InChI=1S/C16H27N9/c1-11-20-14(17-7-8-24(2)3)22-15(21-11)23-16-19-10-13(25(16)4)9-18-12-5-6-12/h10,12,18H,5-9H2,1-4H3,(H2,17,19,20,21,22,23). The number of aromatic nitrogens is 5. The molecule has 0 unspecified atom stereocenters. The minimum absolute atomic E-state index is 0.496. The van der Waals surface area contributed by atoms with Crippen molar-refractivity contribution in [2.45, 2.75) is 32.4 Å². The predicted molar refractivity (Wildman–Crippen MR) is 98.0 cm³/mol. The highest BCUT2D eigenvalue weighted by Gasteiger charge is 2.21. The minimum atomic E-state index is 0.496. The number of hydrogen-bond donors (Lipinski definition) is 3. The largest absolute Gasteiger partial charge is 0.353 e. The first kappa shape index (κ1) is 17.6. The number of likely N-dealkylation sites (N-methyl/N-ethyl adjacent to an activating group) is 1. The number of rotatable bonds is 9. The highest BCUT2D eigenvalue weighted by Crippen LogP contribution is 2.20. The van der Waals surface area contributed by atoms with E-state index in [0.717, 1.165) is 31.3 Å². The van der Waals surface area contributed by atoms with Crippen LogP contribution in [0, 0.1) is 6.92 Å². The third kappa shape index (κ3) is 5.10. The number of aryl methyl sites for hydroxylation is 1. The molecule has 0 spiro atoms. The maximum atomic E-state index is 4.44. The number of nitrogens with one attached hydrogen (secondary N) is 3. The van der Waals surface area contributed by atoms with E-state index in [4.69, 9.17) is 0 Å². The molecule has 3 N–H and O–H groups in total. The summed E-state index contributed by atoms with van der Waals surface area (Å²) < 4.78 is 2.02. The maximum absolute atomic E-state index is 4.44. The van der Waals surface area contributed by atoms with Gasteiger partial charge in [0.05, 0.1) is 11.9 Å². The van der Waals surface area contributed by atoms with Gasteiger partial charge in [-0.25, -0.2) is 4.98 Å². The zero-order chi connectivity index (χ0) is 17.8. The Morgan fingerprint density at radius 1 is 1.20 bits per heavy atom. The van der Waals surface area contributed by atoms with E-state index in [-0.39, 0.29) is 0 Å². The molecular weight excluding hydrogens is 318 g/mol. The van der Waals surface area contributed by atoms with Gasteiger partial charge in [0.2, 0.25) is 17.8 Å². The maximum Gasteiger partial charge on any atom is 0.234 e. The number of nitrogens with zero attached hydrogens (tertiary/aromatic N) is 6. The lowest BCUT2D eigenvalue weighted by molar-refractivity contribution is 0.425. The zero-order valence-electron chi connectivity index (χ0n) is 15.4. The average molecular weight is 345 g/mol. The fraction of sp³-hybridized carbons (Fsp3) is 0.625. The first-order valence-corrected chi connectivity index (χ1v) is 8.63. The van der Waals surface area contributed by atoms with E-state index in [1.807, 2.05) is 38.8 Å². The van der Waals surface area contributed by atoms with Crippen molar-refractivity contribution in [3.05, 3.63) is 17.7 Å². The summed E-state index contributed by atoms with van der Waals surface area (Å²) in [5.74, 6) is 2.45. The van der Waals surface area contributed by atoms with Gasteiger partial charge in [-0.2, -0.15) is 15.0 Å². The molecule has 9 heteroatoms. The predicted octanol–water partition coefficient (Wildman–Crippen LogP) is 0.883. The molecule has 136 valence electrons. The van der Waals surface area contributed by atoms with Crippen LogP contribution in [0.25, 0.3) is 0 Å². The fourth-order valence-electron chi connectivity index (χ4n) is 2.37. The Balaban J connectivity index is 1.64. The summed E-state index contributed by atoms with van der Waals surface area (Å²) >= 11 is 0. The van der Waals surface area contributed by atoms with Crippen molar-refractivity contribution in [2.24, 2.45) is 7.05 Å². The lowest BCUT2D eigenvalue weighted by atomic mass is 10.4. The zero-order valence-corrected chi connectivity index (χ0v) is 15.4. The van der Waals surface area contributed by atoms with Gasteiger partial charge in [-0.3, -0.25) is 5.32 Å². The monoisotopic (exact) mass is 345 g/mol. The molecule has 2 heterocycles. The van der Waals surface area contributed by atoms with Gasteiger partial charge in [-0.1, -0.05) is 0 Å². The van der Waals surface area contributed by atoms with Gasteiger partial charge in [0, 0.05) is 32.7 Å². The van der Waals surface area contributed by atoms with Gasteiger partial charge < -0.3 is 20.1 Å². The molecule has 0 atom stereocenters. The summed E-state index contributed by atoms with van der Waals surface area (Å²) in [5.41, 5.74) is 1.13. The van der Waals surface area contributed by atoms with Crippen molar-refractivity contribution < 1.29 is 0 Å². The Morgan fingerprint density at radius 2 is 1.96 bits per heavy atom.